The van der Waals surface area contributed by atoms with Gasteiger partial charge in [0.05, 0.1) is 0 Å². The lowest BCUT2D eigenvalue weighted by Gasteiger charge is -2.21. The molecule has 1 aromatic carbocycles. The van der Waals surface area contributed by atoms with Crippen molar-refractivity contribution in [3.8, 4) is 11.5 Å². The second-order valence-electron chi connectivity index (χ2n) is 4.55. The highest BCUT2D eigenvalue weighted by molar-refractivity contribution is 5.75. The normalized spacial score (nSPS) is 13.2. The predicted octanol–water partition coefficient (Wildman–Crippen LogP) is 1.19. The third-order valence-electron chi connectivity index (χ3n) is 3.00. The van der Waals surface area contributed by atoms with Crippen LogP contribution < -0.4 is 9.47 Å². The van der Waals surface area contributed by atoms with Crippen LogP contribution in [-0.2, 0) is 11.3 Å². The van der Waals surface area contributed by atoms with E-state index in [0.29, 0.717) is 32.6 Å². The van der Waals surface area contributed by atoms with Gasteiger partial charge in [0.2, 0.25) is 5.91 Å². The number of fused-ring (bicyclic) bond motifs is 1. The fourth-order valence-corrected chi connectivity index (χ4v) is 1.97. The Bertz CT molecular complexity index is 447. The monoisotopic (exact) mass is 265 g/mol. The van der Waals surface area contributed by atoms with E-state index in [1.54, 1.807) is 11.9 Å². The van der Waals surface area contributed by atoms with Gasteiger partial charge in [0.25, 0.3) is 0 Å². The van der Waals surface area contributed by atoms with Crippen molar-refractivity contribution in [2.24, 2.45) is 0 Å². The molecule has 0 spiro atoms. The first-order chi connectivity index (χ1) is 9.20. The molecule has 0 fully saturated rings. The summed E-state index contributed by atoms with van der Waals surface area (Å²) in [6.45, 7) is 1.71. The van der Waals surface area contributed by atoms with E-state index in [0.717, 1.165) is 17.1 Å². The molecule has 1 amide bonds. The molecule has 104 valence electrons. The van der Waals surface area contributed by atoms with E-state index in [4.69, 9.17) is 14.6 Å². The van der Waals surface area contributed by atoms with Crippen molar-refractivity contribution < 1.29 is 19.4 Å². The van der Waals surface area contributed by atoms with Gasteiger partial charge in [0.15, 0.2) is 11.5 Å². The number of hydrogen-bond donors (Lipinski definition) is 1. The first kappa shape index (κ1) is 13.7. The second kappa shape index (κ2) is 6.43. The molecule has 0 aliphatic carbocycles. The summed E-state index contributed by atoms with van der Waals surface area (Å²) in [5.74, 6) is 1.52. The summed E-state index contributed by atoms with van der Waals surface area (Å²) in [6, 6.07) is 5.71. The number of carbonyl (C=O) groups excluding carboxylic acids is 1. The lowest BCUT2D eigenvalue weighted by molar-refractivity contribution is -0.130. The quantitative estimate of drug-likeness (QED) is 0.868. The van der Waals surface area contributed by atoms with E-state index >= 15 is 0 Å². The van der Waals surface area contributed by atoms with Crippen molar-refractivity contribution in [3.05, 3.63) is 23.8 Å². The largest absolute Gasteiger partial charge is 0.486 e. The molecule has 2 rings (SSSR count). The Morgan fingerprint density at radius 1 is 1.32 bits per heavy atom. The zero-order valence-electron chi connectivity index (χ0n) is 11.1. The molecule has 1 aliphatic rings. The molecular weight excluding hydrogens is 246 g/mol. The van der Waals surface area contributed by atoms with E-state index in [2.05, 4.69) is 0 Å². The van der Waals surface area contributed by atoms with Gasteiger partial charge in [-0.3, -0.25) is 4.79 Å². The average Bonchev–Trinajstić information content (AvgIpc) is 2.44. The Balaban J connectivity index is 1.97. The van der Waals surface area contributed by atoms with Crippen LogP contribution in [0.1, 0.15) is 18.4 Å². The van der Waals surface area contributed by atoms with Crippen molar-refractivity contribution in [1.29, 1.82) is 0 Å². The average molecular weight is 265 g/mol. The van der Waals surface area contributed by atoms with Gasteiger partial charge in [-0.05, 0) is 24.1 Å². The number of rotatable bonds is 5. The highest BCUT2D eigenvalue weighted by Crippen LogP contribution is 2.31. The zero-order valence-corrected chi connectivity index (χ0v) is 11.1. The summed E-state index contributed by atoms with van der Waals surface area (Å²) in [5.41, 5.74) is 1.00. The predicted molar refractivity (Wildman–Crippen MR) is 70.2 cm³/mol. The first-order valence-electron chi connectivity index (χ1n) is 6.44. The minimum Gasteiger partial charge on any atom is -0.486 e. The fraction of sp³-hybridized carbons (Fsp3) is 0.500. The van der Waals surface area contributed by atoms with Crippen molar-refractivity contribution >= 4 is 5.91 Å². The lowest BCUT2D eigenvalue weighted by atomic mass is 10.1. The Labute approximate surface area is 112 Å². The molecule has 0 radical (unpaired) electrons. The second-order valence-corrected chi connectivity index (χ2v) is 4.55. The van der Waals surface area contributed by atoms with E-state index in [9.17, 15) is 4.79 Å². The lowest BCUT2D eigenvalue weighted by Crippen LogP contribution is -2.26. The molecule has 0 unspecified atom stereocenters. The van der Waals surface area contributed by atoms with Crippen LogP contribution in [0.25, 0.3) is 0 Å². The molecule has 0 saturated heterocycles. The maximum absolute atomic E-state index is 11.8. The number of aliphatic hydroxyl groups excluding tert-OH is 1. The third-order valence-corrected chi connectivity index (χ3v) is 3.00. The summed E-state index contributed by atoms with van der Waals surface area (Å²) in [5, 5.41) is 8.72. The number of aliphatic hydroxyl groups is 1. The molecule has 1 aliphatic heterocycles. The number of benzene rings is 1. The highest BCUT2D eigenvalue weighted by Gasteiger charge is 2.14. The summed E-state index contributed by atoms with van der Waals surface area (Å²) >= 11 is 0. The summed E-state index contributed by atoms with van der Waals surface area (Å²) in [4.78, 5) is 13.4. The third kappa shape index (κ3) is 3.61. The van der Waals surface area contributed by atoms with Crippen LogP contribution >= 0.6 is 0 Å². The van der Waals surface area contributed by atoms with Crippen LogP contribution in [0.3, 0.4) is 0 Å². The van der Waals surface area contributed by atoms with E-state index < -0.39 is 0 Å². The van der Waals surface area contributed by atoms with Crippen molar-refractivity contribution in [2.75, 3.05) is 26.9 Å². The van der Waals surface area contributed by atoms with E-state index in [-0.39, 0.29) is 12.5 Å². The van der Waals surface area contributed by atoms with Gasteiger partial charge in [-0.15, -0.1) is 0 Å². The standard InChI is InChI=1S/C14H19NO4/c1-15(14(17)3-2-6-16)10-11-4-5-12-13(9-11)19-8-7-18-12/h4-5,9,16H,2-3,6-8,10H2,1H3. The first-order valence-corrected chi connectivity index (χ1v) is 6.44. The van der Waals surface area contributed by atoms with Crippen LogP contribution in [-0.4, -0.2) is 42.8 Å². The fourth-order valence-electron chi connectivity index (χ4n) is 1.97. The molecule has 19 heavy (non-hydrogen) atoms. The van der Waals surface area contributed by atoms with Crippen LogP contribution in [0, 0.1) is 0 Å². The van der Waals surface area contributed by atoms with Gasteiger partial charge in [-0.2, -0.15) is 0 Å². The van der Waals surface area contributed by atoms with Gasteiger partial charge in [-0.1, -0.05) is 6.07 Å². The zero-order chi connectivity index (χ0) is 13.7. The molecule has 0 saturated carbocycles. The molecule has 0 aromatic heterocycles. The smallest absolute Gasteiger partial charge is 0.222 e. The Morgan fingerprint density at radius 3 is 2.79 bits per heavy atom. The van der Waals surface area contributed by atoms with Crippen molar-refractivity contribution in [1.82, 2.24) is 4.90 Å². The Hall–Kier alpha value is -1.75. The van der Waals surface area contributed by atoms with Gasteiger partial charge in [0.1, 0.15) is 13.2 Å². The summed E-state index contributed by atoms with van der Waals surface area (Å²) in [7, 11) is 1.76. The molecule has 1 N–H and O–H groups in total. The van der Waals surface area contributed by atoms with Crippen LogP contribution in [0.2, 0.25) is 0 Å². The number of carbonyl (C=O) groups is 1. The van der Waals surface area contributed by atoms with E-state index in [1.165, 1.54) is 0 Å². The summed E-state index contributed by atoms with van der Waals surface area (Å²) in [6.07, 6.45) is 0.877. The van der Waals surface area contributed by atoms with Crippen molar-refractivity contribution in [2.45, 2.75) is 19.4 Å². The Kier molecular flexibility index (Phi) is 4.63. The molecule has 1 heterocycles. The maximum Gasteiger partial charge on any atom is 0.222 e. The number of amides is 1. The Morgan fingerprint density at radius 2 is 2.05 bits per heavy atom. The van der Waals surface area contributed by atoms with E-state index in [1.807, 2.05) is 18.2 Å². The molecule has 0 atom stereocenters. The van der Waals surface area contributed by atoms with Gasteiger partial charge in [-0.25, -0.2) is 0 Å². The number of nitrogens with zero attached hydrogens (tertiary/aromatic N) is 1. The maximum atomic E-state index is 11.8. The van der Waals surface area contributed by atoms with Gasteiger partial charge in [0, 0.05) is 26.6 Å². The van der Waals surface area contributed by atoms with Gasteiger partial charge >= 0.3 is 0 Å². The molecule has 5 heteroatoms. The molecule has 1 aromatic rings. The van der Waals surface area contributed by atoms with Crippen LogP contribution in [0.15, 0.2) is 18.2 Å². The van der Waals surface area contributed by atoms with Gasteiger partial charge < -0.3 is 19.5 Å². The SMILES string of the molecule is CN(Cc1ccc2c(c1)OCCO2)C(=O)CCCO. The van der Waals surface area contributed by atoms with Crippen LogP contribution in [0.5, 0.6) is 11.5 Å². The molecule has 5 nitrogen and oxygen atoms in total. The summed E-state index contributed by atoms with van der Waals surface area (Å²) < 4.78 is 11.0. The minimum absolute atomic E-state index is 0.0314. The minimum atomic E-state index is 0.0314. The number of hydrogen-bond acceptors (Lipinski definition) is 4. The van der Waals surface area contributed by atoms with Crippen molar-refractivity contribution in [3.63, 3.8) is 0 Å². The number of ether oxygens (including phenoxy) is 2. The van der Waals surface area contributed by atoms with Crippen LogP contribution in [0.4, 0.5) is 0 Å². The molecular formula is C14H19NO4. The topological polar surface area (TPSA) is 59.0 Å². The highest BCUT2D eigenvalue weighted by atomic mass is 16.6. The molecule has 0 bridgehead atoms.